The number of thiophene rings is 1. The largest absolute Gasteiger partial charge is 0.330 e. The summed E-state index contributed by atoms with van der Waals surface area (Å²) in [5, 5.41) is 0. The first-order valence-electron chi connectivity index (χ1n) is 6.49. The summed E-state index contributed by atoms with van der Waals surface area (Å²) in [6.45, 7) is 0.944. The third-order valence-electron chi connectivity index (χ3n) is 3.10. The van der Waals surface area contributed by atoms with Crippen molar-refractivity contribution in [2.45, 2.75) is 19.4 Å². The molecule has 0 amide bonds. The van der Waals surface area contributed by atoms with Crippen molar-refractivity contribution < 1.29 is 0 Å². The van der Waals surface area contributed by atoms with Crippen LogP contribution in [0.3, 0.4) is 0 Å². The van der Waals surface area contributed by atoms with Crippen LogP contribution in [-0.2, 0) is 13.0 Å². The van der Waals surface area contributed by atoms with Crippen LogP contribution >= 0.6 is 22.9 Å². The highest BCUT2D eigenvalue weighted by atomic mass is 35.5. The minimum Gasteiger partial charge on any atom is -0.330 e. The van der Waals surface area contributed by atoms with E-state index < -0.39 is 0 Å². The van der Waals surface area contributed by atoms with Crippen LogP contribution in [0.15, 0.2) is 49.1 Å². The summed E-state index contributed by atoms with van der Waals surface area (Å²) in [7, 11) is 0. The fourth-order valence-electron chi connectivity index (χ4n) is 2.15. The Morgan fingerprint density at radius 3 is 2.90 bits per heavy atom. The molecule has 0 saturated heterocycles. The maximum absolute atomic E-state index is 5.99. The molecule has 3 aromatic heterocycles. The van der Waals surface area contributed by atoms with Gasteiger partial charge in [0.25, 0.3) is 0 Å². The van der Waals surface area contributed by atoms with Crippen molar-refractivity contribution >= 4 is 22.9 Å². The average Bonchev–Trinajstić information content (AvgIpc) is 3.09. The van der Waals surface area contributed by atoms with Gasteiger partial charge in [-0.2, -0.15) is 0 Å². The monoisotopic (exact) mass is 303 g/mol. The molecule has 0 atom stereocenters. The molecule has 0 fully saturated rings. The second-order valence-electron chi connectivity index (χ2n) is 4.51. The van der Waals surface area contributed by atoms with Crippen molar-refractivity contribution in [3.8, 4) is 10.7 Å². The normalized spacial score (nSPS) is 10.8. The molecule has 0 aromatic carbocycles. The van der Waals surface area contributed by atoms with E-state index >= 15 is 0 Å². The predicted molar refractivity (Wildman–Crippen MR) is 83.1 cm³/mol. The van der Waals surface area contributed by atoms with Gasteiger partial charge in [0.2, 0.25) is 0 Å². The quantitative estimate of drug-likeness (QED) is 0.704. The van der Waals surface area contributed by atoms with Crippen LogP contribution in [0.25, 0.3) is 10.7 Å². The van der Waals surface area contributed by atoms with Crippen LogP contribution in [0.1, 0.15) is 12.0 Å². The lowest BCUT2D eigenvalue weighted by atomic mass is 10.1. The third-order valence-corrected chi connectivity index (χ3v) is 4.32. The number of aryl methyl sites for hydroxylation is 2. The Bertz CT molecular complexity index is 675. The number of halogens is 1. The van der Waals surface area contributed by atoms with E-state index in [0.29, 0.717) is 0 Å². The zero-order valence-electron chi connectivity index (χ0n) is 10.9. The Labute approximate surface area is 126 Å². The third kappa shape index (κ3) is 3.08. The Kier molecular flexibility index (Phi) is 4.14. The van der Waals surface area contributed by atoms with Crippen molar-refractivity contribution in [2.75, 3.05) is 0 Å². The van der Waals surface area contributed by atoms with Gasteiger partial charge in [0.15, 0.2) is 0 Å². The molecular weight excluding hydrogens is 290 g/mol. The lowest BCUT2D eigenvalue weighted by molar-refractivity contribution is 0.647. The summed E-state index contributed by atoms with van der Waals surface area (Å²) in [4.78, 5) is 9.68. The van der Waals surface area contributed by atoms with Crippen LogP contribution in [0.5, 0.6) is 0 Å². The number of hydrogen-bond acceptors (Lipinski definition) is 3. The molecule has 0 bridgehead atoms. The van der Waals surface area contributed by atoms with Crippen molar-refractivity contribution in [3.05, 3.63) is 59.0 Å². The van der Waals surface area contributed by atoms with Crippen molar-refractivity contribution in [3.63, 3.8) is 0 Å². The molecule has 0 saturated carbocycles. The van der Waals surface area contributed by atoms with Crippen molar-refractivity contribution in [1.82, 2.24) is 14.5 Å². The molecule has 0 aliphatic carbocycles. The summed E-state index contributed by atoms with van der Waals surface area (Å²) in [5.41, 5.74) is 1.27. The van der Waals surface area contributed by atoms with Crippen LogP contribution < -0.4 is 0 Å². The fraction of sp³-hybridized carbons (Fsp3) is 0.200. The van der Waals surface area contributed by atoms with Gasteiger partial charge < -0.3 is 4.57 Å². The summed E-state index contributed by atoms with van der Waals surface area (Å²) < 4.78 is 2.98. The smallest absolute Gasteiger partial charge is 0.150 e. The highest BCUT2D eigenvalue weighted by Gasteiger charge is 2.08. The van der Waals surface area contributed by atoms with Gasteiger partial charge in [0.05, 0.1) is 9.21 Å². The Morgan fingerprint density at radius 1 is 1.20 bits per heavy atom. The van der Waals surface area contributed by atoms with E-state index in [1.54, 1.807) is 17.5 Å². The molecule has 20 heavy (non-hydrogen) atoms. The first kappa shape index (κ1) is 13.3. The molecule has 0 N–H and O–H groups in total. The molecule has 3 rings (SSSR count). The zero-order chi connectivity index (χ0) is 13.8. The summed E-state index contributed by atoms with van der Waals surface area (Å²) in [5.74, 6) is 0.994. The Balaban J connectivity index is 1.65. The number of imidazole rings is 1. The van der Waals surface area contributed by atoms with Gasteiger partial charge >= 0.3 is 0 Å². The summed E-state index contributed by atoms with van der Waals surface area (Å²) >= 11 is 7.55. The highest BCUT2D eigenvalue weighted by Crippen LogP contribution is 2.29. The molecular formula is C15H14ClN3S. The van der Waals surface area contributed by atoms with E-state index in [1.807, 2.05) is 36.8 Å². The number of hydrogen-bond donors (Lipinski definition) is 0. The standard InChI is InChI=1S/C15H14ClN3S/c16-14-6-5-13(20-14)15-18-8-10-19(15)9-2-4-12-3-1-7-17-11-12/h1,3,5-8,10-11H,2,4,9H2. The molecule has 0 radical (unpaired) electrons. The molecule has 102 valence electrons. The van der Waals surface area contributed by atoms with Gasteiger partial charge in [0, 0.05) is 31.3 Å². The number of rotatable bonds is 5. The van der Waals surface area contributed by atoms with Gasteiger partial charge in [-0.25, -0.2) is 4.98 Å². The van der Waals surface area contributed by atoms with Gasteiger partial charge in [-0.3, -0.25) is 4.98 Å². The first-order valence-corrected chi connectivity index (χ1v) is 7.68. The molecule has 3 heterocycles. The lowest BCUT2D eigenvalue weighted by Gasteiger charge is -2.06. The highest BCUT2D eigenvalue weighted by molar-refractivity contribution is 7.19. The van der Waals surface area contributed by atoms with E-state index in [1.165, 1.54) is 5.56 Å². The summed E-state index contributed by atoms with van der Waals surface area (Å²) in [6, 6.07) is 8.02. The van der Waals surface area contributed by atoms with E-state index in [9.17, 15) is 0 Å². The van der Waals surface area contributed by atoms with E-state index in [-0.39, 0.29) is 0 Å². The number of pyridine rings is 1. The zero-order valence-corrected chi connectivity index (χ0v) is 12.4. The van der Waals surface area contributed by atoms with Gasteiger partial charge in [-0.1, -0.05) is 17.7 Å². The maximum atomic E-state index is 5.99. The molecule has 0 aliphatic heterocycles. The van der Waals surface area contributed by atoms with Gasteiger partial charge in [-0.05, 0) is 36.6 Å². The van der Waals surface area contributed by atoms with Gasteiger partial charge in [0.1, 0.15) is 5.82 Å². The maximum Gasteiger partial charge on any atom is 0.150 e. The average molecular weight is 304 g/mol. The molecule has 5 heteroatoms. The second-order valence-corrected chi connectivity index (χ2v) is 6.23. The van der Waals surface area contributed by atoms with Gasteiger partial charge in [-0.15, -0.1) is 11.3 Å². The van der Waals surface area contributed by atoms with Crippen LogP contribution in [-0.4, -0.2) is 14.5 Å². The fourth-order valence-corrected chi connectivity index (χ4v) is 3.20. The van der Waals surface area contributed by atoms with E-state index in [0.717, 1.165) is 34.4 Å². The lowest BCUT2D eigenvalue weighted by Crippen LogP contribution is -2.00. The topological polar surface area (TPSA) is 30.7 Å². The minimum absolute atomic E-state index is 0.796. The first-order chi connectivity index (χ1) is 9.83. The SMILES string of the molecule is Clc1ccc(-c2nccn2CCCc2cccnc2)s1. The Hall–Kier alpha value is -1.65. The number of nitrogens with zero attached hydrogens (tertiary/aromatic N) is 3. The van der Waals surface area contributed by atoms with Crippen LogP contribution in [0.4, 0.5) is 0 Å². The van der Waals surface area contributed by atoms with Crippen LogP contribution in [0, 0.1) is 0 Å². The molecule has 0 spiro atoms. The van der Waals surface area contributed by atoms with Crippen molar-refractivity contribution in [2.24, 2.45) is 0 Å². The van der Waals surface area contributed by atoms with Crippen molar-refractivity contribution in [1.29, 1.82) is 0 Å². The Morgan fingerprint density at radius 2 is 2.15 bits per heavy atom. The van der Waals surface area contributed by atoms with E-state index in [4.69, 9.17) is 11.6 Å². The molecule has 0 unspecified atom stereocenters. The molecule has 3 aromatic rings. The molecule has 3 nitrogen and oxygen atoms in total. The molecule has 0 aliphatic rings. The minimum atomic E-state index is 0.796. The van der Waals surface area contributed by atoms with E-state index in [2.05, 4.69) is 20.6 Å². The van der Waals surface area contributed by atoms with Crippen LogP contribution in [0.2, 0.25) is 4.34 Å². The second kappa shape index (κ2) is 6.20. The summed E-state index contributed by atoms with van der Waals surface area (Å²) in [6.07, 6.45) is 9.68. The number of aromatic nitrogens is 3. The predicted octanol–water partition coefficient (Wildman–Crippen LogP) is 4.29.